The molecule has 0 aliphatic rings. The van der Waals surface area contributed by atoms with Crippen LogP contribution in [0.3, 0.4) is 0 Å². The highest BCUT2D eigenvalue weighted by molar-refractivity contribution is 5.93. The summed E-state index contributed by atoms with van der Waals surface area (Å²) in [5.74, 6) is 5.58. The quantitative estimate of drug-likeness (QED) is 0.625. The molecule has 4 nitrogen and oxygen atoms in total. The van der Waals surface area contributed by atoms with Gasteiger partial charge in [0.15, 0.2) is 0 Å². The van der Waals surface area contributed by atoms with Crippen molar-refractivity contribution in [1.29, 1.82) is 0 Å². The lowest BCUT2D eigenvalue weighted by atomic mass is 10.1. The summed E-state index contributed by atoms with van der Waals surface area (Å²) in [5, 5.41) is 2.80. The summed E-state index contributed by atoms with van der Waals surface area (Å²) in [7, 11) is 0. The number of amides is 1. The highest BCUT2D eigenvalue weighted by Gasteiger charge is 2.06. The van der Waals surface area contributed by atoms with Gasteiger partial charge in [0.2, 0.25) is 5.91 Å². The second kappa shape index (κ2) is 8.30. The zero-order valence-electron chi connectivity index (χ0n) is 11.5. The summed E-state index contributed by atoms with van der Waals surface area (Å²) in [4.78, 5) is 11.7. The van der Waals surface area contributed by atoms with Crippen molar-refractivity contribution in [1.82, 2.24) is 0 Å². The predicted octanol–water partition coefficient (Wildman–Crippen LogP) is 1.67. The standard InChI is InChI=1S/C15H20N2O2/c1-3-9-19-11-15(18)17-14-7-6-12(2)10-13(14)5-4-8-16/h6-7,10H,3,8-9,11,16H2,1-2H3,(H,17,18). The molecule has 0 atom stereocenters. The van der Waals surface area contributed by atoms with Crippen molar-refractivity contribution in [3.05, 3.63) is 29.3 Å². The van der Waals surface area contributed by atoms with Crippen LogP contribution in [0.15, 0.2) is 18.2 Å². The molecule has 1 rings (SSSR count). The van der Waals surface area contributed by atoms with Crippen molar-refractivity contribution in [2.24, 2.45) is 5.73 Å². The van der Waals surface area contributed by atoms with Crippen LogP contribution < -0.4 is 11.1 Å². The number of carbonyl (C=O) groups excluding carboxylic acids is 1. The fourth-order valence-corrected chi connectivity index (χ4v) is 1.51. The summed E-state index contributed by atoms with van der Waals surface area (Å²) in [6, 6.07) is 5.69. The molecule has 0 heterocycles. The van der Waals surface area contributed by atoms with Crippen molar-refractivity contribution in [3.8, 4) is 11.8 Å². The number of nitrogens with one attached hydrogen (secondary N) is 1. The van der Waals surface area contributed by atoms with Gasteiger partial charge in [-0.3, -0.25) is 4.79 Å². The van der Waals surface area contributed by atoms with Crippen molar-refractivity contribution in [2.75, 3.05) is 25.1 Å². The van der Waals surface area contributed by atoms with Crippen LogP contribution in [0.4, 0.5) is 5.69 Å². The van der Waals surface area contributed by atoms with E-state index in [0.29, 0.717) is 18.8 Å². The number of benzene rings is 1. The van der Waals surface area contributed by atoms with E-state index in [2.05, 4.69) is 17.2 Å². The van der Waals surface area contributed by atoms with Crippen LogP contribution in [-0.2, 0) is 9.53 Å². The molecule has 0 aliphatic carbocycles. The van der Waals surface area contributed by atoms with Crippen LogP contribution in [0.5, 0.6) is 0 Å². The van der Waals surface area contributed by atoms with Gasteiger partial charge in [-0.05, 0) is 31.0 Å². The van der Waals surface area contributed by atoms with Crippen LogP contribution in [-0.4, -0.2) is 25.7 Å². The summed E-state index contributed by atoms with van der Waals surface area (Å²) >= 11 is 0. The predicted molar refractivity (Wildman–Crippen MR) is 76.9 cm³/mol. The highest BCUT2D eigenvalue weighted by atomic mass is 16.5. The molecule has 0 fully saturated rings. The Morgan fingerprint density at radius 1 is 1.47 bits per heavy atom. The number of anilines is 1. The Morgan fingerprint density at radius 2 is 2.26 bits per heavy atom. The van der Waals surface area contributed by atoms with Gasteiger partial charge in [-0.25, -0.2) is 0 Å². The van der Waals surface area contributed by atoms with Crippen LogP contribution in [0.2, 0.25) is 0 Å². The monoisotopic (exact) mass is 260 g/mol. The minimum Gasteiger partial charge on any atom is -0.372 e. The van der Waals surface area contributed by atoms with Crippen LogP contribution in [0.1, 0.15) is 24.5 Å². The zero-order chi connectivity index (χ0) is 14.1. The summed E-state index contributed by atoms with van der Waals surface area (Å²) < 4.78 is 5.19. The molecule has 1 amide bonds. The third-order valence-electron chi connectivity index (χ3n) is 2.36. The zero-order valence-corrected chi connectivity index (χ0v) is 11.5. The maximum Gasteiger partial charge on any atom is 0.250 e. The average Bonchev–Trinajstić information content (AvgIpc) is 2.39. The first-order valence-corrected chi connectivity index (χ1v) is 6.34. The molecule has 1 aromatic carbocycles. The van der Waals surface area contributed by atoms with E-state index in [0.717, 1.165) is 17.5 Å². The van der Waals surface area contributed by atoms with Crippen LogP contribution >= 0.6 is 0 Å². The smallest absolute Gasteiger partial charge is 0.250 e. The average molecular weight is 260 g/mol. The second-order valence-electron chi connectivity index (χ2n) is 4.16. The minimum atomic E-state index is -0.173. The van der Waals surface area contributed by atoms with Gasteiger partial charge in [0.25, 0.3) is 0 Å². The van der Waals surface area contributed by atoms with E-state index < -0.39 is 0 Å². The van der Waals surface area contributed by atoms with Gasteiger partial charge >= 0.3 is 0 Å². The van der Waals surface area contributed by atoms with Gasteiger partial charge in [0.1, 0.15) is 6.61 Å². The Bertz CT molecular complexity index is 487. The summed E-state index contributed by atoms with van der Waals surface area (Å²) in [6.07, 6.45) is 0.894. The lowest BCUT2D eigenvalue weighted by molar-refractivity contribution is -0.120. The van der Waals surface area contributed by atoms with Gasteiger partial charge in [0, 0.05) is 12.2 Å². The number of aryl methyl sites for hydroxylation is 1. The molecular formula is C15H20N2O2. The molecule has 0 aromatic heterocycles. The maximum absolute atomic E-state index is 11.7. The van der Waals surface area contributed by atoms with Crippen molar-refractivity contribution < 1.29 is 9.53 Å². The van der Waals surface area contributed by atoms with Gasteiger partial charge in [0.05, 0.1) is 12.2 Å². The number of hydrogen-bond acceptors (Lipinski definition) is 3. The fraction of sp³-hybridized carbons (Fsp3) is 0.400. The molecule has 0 radical (unpaired) electrons. The Kier molecular flexibility index (Phi) is 6.65. The van der Waals surface area contributed by atoms with Crippen molar-refractivity contribution >= 4 is 11.6 Å². The largest absolute Gasteiger partial charge is 0.372 e. The first-order valence-electron chi connectivity index (χ1n) is 6.34. The first kappa shape index (κ1) is 15.2. The molecule has 3 N–H and O–H groups in total. The van der Waals surface area contributed by atoms with Crippen LogP contribution in [0.25, 0.3) is 0 Å². The lowest BCUT2D eigenvalue weighted by Gasteiger charge is -2.08. The molecule has 0 spiro atoms. The normalized spacial score (nSPS) is 9.63. The van der Waals surface area contributed by atoms with E-state index in [-0.39, 0.29) is 12.5 Å². The fourth-order valence-electron chi connectivity index (χ4n) is 1.51. The van der Waals surface area contributed by atoms with Gasteiger partial charge in [-0.15, -0.1) is 0 Å². The van der Waals surface area contributed by atoms with Crippen LogP contribution in [0, 0.1) is 18.8 Å². The molecule has 1 aromatic rings. The third-order valence-corrected chi connectivity index (χ3v) is 2.36. The molecular weight excluding hydrogens is 240 g/mol. The second-order valence-corrected chi connectivity index (χ2v) is 4.16. The Hall–Kier alpha value is -1.83. The molecule has 0 saturated heterocycles. The number of rotatable bonds is 5. The molecule has 4 heteroatoms. The Morgan fingerprint density at radius 3 is 2.95 bits per heavy atom. The van der Waals surface area contributed by atoms with E-state index in [9.17, 15) is 4.79 Å². The first-order chi connectivity index (χ1) is 9.17. The number of nitrogens with two attached hydrogens (primary N) is 1. The van der Waals surface area contributed by atoms with Crippen molar-refractivity contribution in [3.63, 3.8) is 0 Å². The SMILES string of the molecule is CCCOCC(=O)Nc1ccc(C)cc1C#CCN. The molecule has 0 bridgehead atoms. The number of ether oxygens (including phenoxy) is 1. The van der Waals surface area contributed by atoms with E-state index in [1.165, 1.54) is 0 Å². The molecule has 0 saturated carbocycles. The topological polar surface area (TPSA) is 64.3 Å². The Balaban J connectivity index is 2.74. The van der Waals surface area contributed by atoms with Gasteiger partial charge in [-0.1, -0.05) is 24.8 Å². The van der Waals surface area contributed by atoms with Gasteiger partial charge in [-0.2, -0.15) is 0 Å². The molecule has 102 valence electrons. The van der Waals surface area contributed by atoms with Crippen molar-refractivity contribution in [2.45, 2.75) is 20.3 Å². The molecule has 0 aliphatic heterocycles. The maximum atomic E-state index is 11.7. The minimum absolute atomic E-state index is 0.0610. The van der Waals surface area contributed by atoms with E-state index in [1.807, 2.05) is 32.0 Å². The summed E-state index contributed by atoms with van der Waals surface area (Å²) in [6.45, 7) is 4.91. The third kappa shape index (κ3) is 5.56. The number of hydrogen-bond donors (Lipinski definition) is 2. The Labute approximate surface area is 114 Å². The van der Waals surface area contributed by atoms with E-state index >= 15 is 0 Å². The highest BCUT2D eigenvalue weighted by Crippen LogP contribution is 2.16. The summed E-state index contributed by atoms with van der Waals surface area (Å²) in [5.41, 5.74) is 7.91. The van der Waals surface area contributed by atoms with E-state index in [4.69, 9.17) is 10.5 Å². The molecule has 0 unspecified atom stereocenters. The molecule has 19 heavy (non-hydrogen) atoms. The van der Waals surface area contributed by atoms with E-state index in [1.54, 1.807) is 0 Å². The van der Waals surface area contributed by atoms with Gasteiger partial charge < -0.3 is 15.8 Å². The lowest BCUT2D eigenvalue weighted by Crippen LogP contribution is -2.19. The number of carbonyl (C=O) groups is 1.